The van der Waals surface area contributed by atoms with Crippen LogP contribution in [0.3, 0.4) is 0 Å². The van der Waals surface area contributed by atoms with Crippen molar-refractivity contribution >= 4 is 15.9 Å². The van der Waals surface area contributed by atoms with E-state index in [0.29, 0.717) is 11.8 Å². The SMILES string of the molecule is CCC1CC2CC(C1)C(O)(c1ccccc1-c1ccccc1Br)C2. The topological polar surface area (TPSA) is 20.2 Å². The largest absolute Gasteiger partial charge is 0.385 e. The number of hydrogen-bond acceptors (Lipinski definition) is 1. The van der Waals surface area contributed by atoms with Gasteiger partial charge in [-0.2, -0.15) is 0 Å². The van der Waals surface area contributed by atoms with Gasteiger partial charge in [0.25, 0.3) is 0 Å². The van der Waals surface area contributed by atoms with Crippen LogP contribution in [0.25, 0.3) is 11.1 Å². The van der Waals surface area contributed by atoms with Crippen LogP contribution in [0.2, 0.25) is 0 Å². The normalized spacial score (nSPS) is 32.0. The van der Waals surface area contributed by atoms with Gasteiger partial charge in [0.05, 0.1) is 5.60 Å². The third-order valence-corrected chi connectivity index (χ3v) is 7.00. The Hall–Kier alpha value is -1.12. The van der Waals surface area contributed by atoms with Gasteiger partial charge < -0.3 is 5.11 Å². The molecule has 0 aromatic heterocycles. The van der Waals surface area contributed by atoms with E-state index in [0.717, 1.165) is 22.4 Å². The molecule has 0 radical (unpaired) electrons. The van der Waals surface area contributed by atoms with Crippen molar-refractivity contribution in [2.75, 3.05) is 0 Å². The monoisotopic (exact) mass is 384 g/mol. The summed E-state index contributed by atoms with van der Waals surface area (Å²) < 4.78 is 1.09. The summed E-state index contributed by atoms with van der Waals surface area (Å²) in [5.41, 5.74) is 2.81. The van der Waals surface area contributed by atoms with Crippen LogP contribution in [0.4, 0.5) is 0 Å². The van der Waals surface area contributed by atoms with Crippen molar-refractivity contribution in [3.05, 3.63) is 58.6 Å². The van der Waals surface area contributed by atoms with Gasteiger partial charge >= 0.3 is 0 Å². The third-order valence-electron chi connectivity index (χ3n) is 6.31. The molecule has 2 heteroatoms. The Morgan fingerprint density at radius 1 is 1.00 bits per heavy atom. The summed E-state index contributed by atoms with van der Waals surface area (Å²) in [5.74, 6) is 1.88. The van der Waals surface area contributed by atoms with Crippen LogP contribution >= 0.6 is 15.9 Å². The highest BCUT2D eigenvalue weighted by atomic mass is 79.9. The van der Waals surface area contributed by atoms with Gasteiger partial charge in [-0.1, -0.05) is 71.7 Å². The first-order valence-electron chi connectivity index (χ1n) is 9.18. The zero-order valence-electron chi connectivity index (χ0n) is 14.2. The van der Waals surface area contributed by atoms with E-state index in [1.165, 1.54) is 36.8 Å². The Bertz CT molecular complexity index is 740. The van der Waals surface area contributed by atoms with Gasteiger partial charge in [-0.3, -0.25) is 0 Å². The average Bonchev–Trinajstić information content (AvgIpc) is 2.84. The lowest BCUT2D eigenvalue weighted by Crippen LogP contribution is -2.31. The molecule has 24 heavy (non-hydrogen) atoms. The summed E-state index contributed by atoms with van der Waals surface area (Å²) in [6, 6.07) is 16.8. The average molecular weight is 385 g/mol. The molecule has 0 heterocycles. The van der Waals surface area contributed by atoms with Crippen molar-refractivity contribution in [3.63, 3.8) is 0 Å². The van der Waals surface area contributed by atoms with Crippen molar-refractivity contribution in [3.8, 4) is 11.1 Å². The van der Waals surface area contributed by atoms with Crippen LogP contribution in [0, 0.1) is 17.8 Å². The van der Waals surface area contributed by atoms with E-state index < -0.39 is 5.60 Å². The number of halogens is 1. The second-order valence-electron chi connectivity index (χ2n) is 7.70. The third kappa shape index (κ3) is 2.64. The summed E-state index contributed by atoms with van der Waals surface area (Å²) in [4.78, 5) is 0. The zero-order chi connectivity index (χ0) is 16.7. The fraction of sp³-hybridized carbons (Fsp3) is 0.455. The number of rotatable bonds is 3. The molecule has 0 amide bonds. The molecular weight excluding hydrogens is 360 g/mol. The highest BCUT2D eigenvalue weighted by Crippen LogP contribution is 2.56. The molecule has 2 fully saturated rings. The van der Waals surface area contributed by atoms with Gasteiger partial charge in [0.1, 0.15) is 0 Å². The van der Waals surface area contributed by atoms with Crippen LogP contribution in [-0.4, -0.2) is 5.11 Å². The maximum atomic E-state index is 11.8. The van der Waals surface area contributed by atoms with Crippen LogP contribution in [-0.2, 0) is 5.60 Å². The van der Waals surface area contributed by atoms with Gasteiger partial charge in [-0.25, -0.2) is 0 Å². The molecule has 1 nitrogen and oxygen atoms in total. The van der Waals surface area contributed by atoms with Crippen LogP contribution in [0.1, 0.15) is 44.6 Å². The quantitative estimate of drug-likeness (QED) is 0.672. The molecule has 126 valence electrons. The molecule has 2 saturated carbocycles. The molecule has 4 unspecified atom stereocenters. The lowest BCUT2D eigenvalue weighted by Gasteiger charge is -2.34. The Morgan fingerprint density at radius 3 is 2.46 bits per heavy atom. The minimum Gasteiger partial charge on any atom is -0.385 e. The molecule has 4 atom stereocenters. The first-order chi connectivity index (χ1) is 11.6. The molecule has 0 saturated heterocycles. The van der Waals surface area contributed by atoms with Gasteiger partial charge in [0.2, 0.25) is 0 Å². The van der Waals surface area contributed by atoms with Crippen molar-refractivity contribution in [2.24, 2.45) is 17.8 Å². The van der Waals surface area contributed by atoms with E-state index in [1.807, 2.05) is 6.07 Å². The van der Waals surface area contributed by atoms with Gasteiger partial charge in [0, 0.05) is 4.47 Å². The van der Waals surface area contributed by atoms with E-state index >= 15 is 0 Å². The fourth-order valence-electron chi connectivity index (χ4n) is 5.17. The standard InChI is InChI=1S/C22H25BrO/c1-2-15-11-16-13-17(12-15)22(24,14-16)20-9-5-3-7-18(20)19-8-4-6-10-21(19)23/h3-10,15-17,24H,2,11-14H2,1H3. The van der Waals surface area contributed by atoms with Crippen molar-refractivity contribution in [1.29, 1.82) is 0 Å². The van der Waals surface area contributed by atoms with E-state index in [4.69, 9.17) is 0 Å². The molecule has 2 aliphatic carbocycles. The molecule has 2 aromatic carbocycles. The van der Waals surface area contributed by atoms with Crippen LogP contribution < -0.4 is 0 Å². The Balaban J connectivity index is 1.79. The Morgan fingerprint density at radius 2 is 1.71 bits per heavy atom. The first kappa shape index (κ1) is 16.4. The smallest absolute Gasteiger partial charge is 0.0933 e. The van der Waals surface area contributed by atoms with Crippen LogP contribution in [0.5, 0.6) is 0 Å². The summed E-state index contributed by atoms with van der Waals surface area (Å²) in [6.07, 6.45) is 5.84. The number of aliphatic hydroxyl groups is 1. The van der Waals surface area contributed by atoms with E-state index in [9.17, 15) is 5.11 Å². The van der Waals surface area contributed by atoms with Crippen molar-refractivity contribution in [2.45, 2.75) is 44.6 Å². The lowest BCUT2D eigenvalue weighted by atomic mass is 9.75. The molecular formula is C22H25BrO. The van der Waals surface area contributed by atoms with E-state index in [2.05, 4.69) is 65.3 Å². The van der Waals surface area contributed by atoms with E-state index in [1.54, 1.807) is 0 Å². The molecule has 4 rings (SSSR count). The van der Waals surface area contributed by atoms with E-state index in [-0.39, 0.29) is 0 Å². The second kappa shape index (κ2) is 6.31. The fourth-order valence-corrected chi connectivity index (χ4v) is 5.66. The first-order valence-corrected chi connectivity index (χ1v) is 9.98. The maximum absolute atomic E-state index is 11.8. The molecule has 2 aliphatic rings. The minimum absolute atomic E-state index is 0.407. The minimum atomic E-state index is -0.666. The summed E-state index contributed by atoms with van der Waals surface area (Å²) in [7, 11) is 0. The predicted molar refractivity (Wildman–Crippen MR) is 103 cm³/mol. The van der Waals surface area contributed by atoms with Crippen molar-refractivity contribution in [1.82, 2.24) is 0 Å². The zero-order valence-corrected chi connectivity index (χ0v) is 15.8. The highest BCUT2D eigenvalue weighted by molar-refractivity contribution is 9.10. The van der Waals surface area contributed by atoms with Crippen molar-refractivity contribution < 1.29 is 5.11 Å². The van der Waals surface area contributed by atoms with Gasteiger partial charge in [-0.15, -0.1) is 0 Å². The molecule has 2 bridgehead atoms. The summed E-state index contributed by atoms with van der Waals surface area (Å²) in [6.45, 7) is 2.30. The van der Waals surface area contributed by atoms with Gasteiger partial charge in [-0.05, 0) is 66.2 Å². The lowest BCUT2D eigenvalue weighted by molar-refractivity contribution is -0.00779. The maximum Gasteiger partial charge on any atom is 0.0933 e. The highest BCUT2D eigenvalue weighted by Gasteiger charge is 2.51. The molecule has 2 aromatic rings. The molecule has 0 aliphatic heterocycles. The summed E-state index contributed by atoms with van der Waals surface area (Å²) >= 11 is 3.69. The summed E-state index contributed by atoms with van der Waals surface area (Å²) in [5, 5.41) is 11.8. The molecule has 0 spiro atoms. The number of benzene rings is 2. The Labute approximate surface area is 153 Å². The predicted octanol–water partition coefficient (Wildman–Crippen LogP) is 6.15. The Kier molecular flexibility index (Phi) is 4.30. The second-order valence-corrected chi connectivity index (χ2v) is 8.55. The number of hydrogen-bond donors (Lipinski definition) is 1. The number of fused-ring (bicyclic) bond motifs is 2. The van der Waals surface area contributed by atoms with Gasteiger partial charge in [0.15, 0.2) is 0 Å². The van der Waals surface area contributed by atoms with Crippen LogP contribution in [0.15, 0.2) is 53.0 Å². The molecule has 1 N–H and O–H groups in total.